The average molecular weight is 445 g/mol. The largest absolute Gasteiger partial charge is 0.339 e. The maximum Gasteiger partial charge on any atom is 0.262 e. The highest BCUT2D eigenvalue weighted by Gasteiger charge is 2.46. The first-order chi connectivity index (χ1) is 14.8. The molecule has 0 bridgehead atoms. The third-order valence-corrected chi connectivity index (χ3v) is 8.79. The molecular formula is C23H32N4O3S. The number of imidazole rings is 1. The van der Waals surface area contributed by atoms with Crippen LogP contribution in [0.3, 0.4) is 0 Å². The Balaban J connectivity index is 1.46. The fourth-order valence-corrected chi connectivity index (χ4v) is 6.52. The molecule has 31 heavy (non-hydrogen) atoms. The zero-order valence-electron chi connectivity index (χ0n) is 18.4. The molecule has 1 aromatic heterocycles. The molecule has 7 nitrogen and oxygen atoms in total. The lowest BCUT2D eigenvalue weighted by Crippen LogP contribution is -2.49. The van der Waals surface area contributed by atoms with Crippen molar-refractivity contribution in [3.63, 3.8) is 0 Å². The number of sulfonamides is 1. The second-order valence-electron chi connectivity index (χ2n) is 9.14. The SMILES string of the molecule is Cn1cnc(S(=O)(=O)N2CCC([C@@]3(C)CCCCN(Cc4ccccc4)C3=O)CC2)c1. The number of hydrogen-bond donors (Lipinski definition) is 0. The minimum atomic E-state index is -3.58. The van der Waals surface area contributed by atoms with E-state index in [1.165, 1.54) is 10.6 Å². The molecule has 0 unspecified atom stereocenters. The van der Waals surface area contributed by atoms with Crippen molar-refractivity contribution in [2.45, 2.75) is 50.6 Å². The van der Waals surface area contributed by atoms with Gasteiger partial charge in [-0.1, -0.05) is 43.7 Å². The smallest absolute Gasteiger partial charge is 0.262 e. The molecule has 3 heterocycles. The number of amides is 1. The standard InChI is InChI=1S/C23H32N4O3S/c1-23(12-6-7-13-26(22(23)28)16-19-8-4-3-5-9-19)20-10-14-27(15-11-20)31(29,30)21-17-25(2)18-24-21/h3-5,8-9,17-18,20H,6-7,10-16H2,1-2H3/t23-/m1/s1. The van der Waals surface area contributed by atoms with Crippen molar-refractivity contribution in [3.05, 3.63) is 48.4 Å². The first-order valence-corrected chi connectivity index (χ1v) is 12.6. The molecule has 2 saturated heterocycles. The molecule has 0 saturated carbocycles. The van der Waals surface area contributed by atoms with Gasteiger partial charge in [-0.15, -0.1) is 0 Å². The van der Waals surface area contributed by atoms with Crippen LogP contribution in [-0.4, -0.2) is 52.7 Å². The Morgan fingerprint density at radius 1 is 1.10 bits per heavy atom. The summed E-state index contributed by atoms with van der Waals surface area (Å²) in [6.07, 6.45) is 7.36. The van der Waals surface area contributed by atoms with Gasteiger partial charge in [-0.2, -0.15) is 4.31 Å². The molecule has 1 aromatic carbocycles. The van der Waals surface area contributed by atoms with Gasteiger partial charge in [0.25, 0.3) is 10.0 Å². The fourth-order valence-electron chi connectivity index (χ4n) is 5.09. The molecule has 1 amide bonds. The van der Waals surface area contributed by atoms with Crippen LogP contribution in [0.1, 0.15) is 44.6 Å². The Morgan fingerprint density at radius 3 is 2.45 bits per heavy atom. The van der Waals surface area contributed by atoms with E-state index in [0.717, 1.165) is 31.4 Å². The lowest BCUT2D eigenvalue weighted by molar-refractivity contribution is -0.145. The van der Waals surface area contributed by atoms with Crippen LogP contribution in [0.15, 0.2) is 47.9 Å². The Kier molecular flexibility index (Phi) is 6.21. The highest BCUT2D eigenvalue weighted by molar-refractivity contribution is 7.89. The van der Waals surface area contributed by atoms with E-state index in [1.807, 2.05) is 23.1 Å². The van der Waals surface area contributed by atoms with E-state index in [9.17, 15) is 13.2 Å². The van der Waals surface area contributed by atoms with E-state index in [0.29, 0.717) is 32.5 Å². The van der Waals surface area contributed by atoms with Crippen molar-refractivity contribution in [1.29, 1.82) is 0 Å². The van der Waals surface area contributed by atoms with Crippen LogP contribution >= 0.6 is 0 Å². The molecule has 0 spiro atoms. The van der Waals surface area contributed by atoms with Crippen molar-refractivity contribution < 1.29 is 13.2 Å². The zero-order chi connectivity index (χ0) is 22.1. The Bertz CT molecular complexity index is 1010. The van der Waals surface area contributed by atoms with Crippen LogP contribution in [0.4, 0.5) is 0 Å². The number of likely N-dealkylation sites (tertiary alicyclic amines) is 1. The summed E-state index contributed by atoms with van der Waals surface area (Å²) >= 11 is 0. The molecule has 4 rings (SSSR count). The quantitative estimate of drug-likeness (QED) is 0.710. The number of piperidine rings is 1. The summed E-state index contributed by atoms with van der Waals surface area (Å²) in [7, 11) is -1.82. The van der Waals surface area contributed by atoms with Crippen LogP contribution in [0, 0.1) is 11.3 Å². The summed E-state index contributed by atoms with van der Waals surface area (Å²) in [5.74, 6) is 0.409. The molecule has 2 aliphatic rings. The van der Waals surface area contributed by atoms with Gasteiger partial charge in [0.15, 0.2) is 5.03 Å². The van der Waals surface area contributed by atoms with Gasteiger partial charge in [0, 0.05) is 44.8 Å². The minimum Gasteiger partial charge on any atom is -0.339 e. The molecular weight excluding hydrogens is 412 g/mol. The maximum atomic E-state index is 13.7. The number of hydrogen-bond acceptors (Lipinski definition) is 4. The van der Waals surface area contributed by atoms with Gasteiger partial charge in [-0.05, 0) is 37.2 Å². The van der Waals surface area contributed by atoms with E-state index in [4.69, 9.17) is 0 Å². The number of carbonyl (C=O) groups is 1. The first kappa shape index (κ1) is 22.0. The number of benzene rings is 1. The Hall–Kier alpha value is -2.19. The first-order valence-electron chi connectivity index (χ1n) is 11.1. The molecule has 8 heteroatoms. The number of aromatic nitrogens is 2. The van der Waals surface area contributed by atoms with E-state index in [2.05, 4.69) is 24.0 Å². The molecule has 0 N–H and O–H groups in total. The summed E-state index contributed by atoms with van der Waals surface area (Å²) in [4.78, 5) is 19.7. The molecule has 168 valence electrons. The summed E-state index contributed by atoms with van der Waals surface area (Å²) < 4.78 is 29.0. The third-order valence-electron chi connectivity index (χ3n) is 7.01. The van der Waals surface area contributed by atoms with E-state index < -0.39 is 15.4 Å². The van der Waals surface area contributed by atoms with Gasteiger partial charge in [0.1, 0.15) is 0 Å². The van der Waals surface area contributed by atoms with Crippen LogP contribution in [-0.2, 0) is 28.4 Å². The predicted molar refractivity (Wildman–Crippen MR) is 119 cm³/mol. The maximum absolute atomic E-state index is 13.7. The fraction of sp³-hybridized carbons (Fsp3) is 0.565. The van der Waals surface area contributed by atoms with Gasteiger partial charge in [-0.25, -0.2) is 13.4 Å². The van der Waals surface area contributed by atoms with Gasteiger partial charge >= 0.3 is 0 Å². The summed E-state index contributed by atoms with van der Waals surface area (Å²) in [6, 6.07) is 10.1. The average Bonchev–Trinajstić information content (AvgIpc) is 3.17. The van der Waals surface area contributed by atoms with Crippen LogP contribution in [0.5, 0.6) is 0 Å². The van der Waals surface area contributed by atoms with Crippen molar-refractivity contribution >= 4 is 15.9 Å². The zero-order valence-corrected chi connectivity index (χ0v) is 19.2. The molecule has 2 aliphatic heterocycles. The predicted octanol–water partition coefficient (Wildman–Crippen LogP) is 3.04. The number of aryl methyl sites for hydroxylation is 1. The number of carbonyl (C=O) groups excluding carboxylic acids is 1. The van der Waals surface area contributed by atoms with Crippen molar-refractivity contribution in [2.24, 2.45) is 18.4 Å². The Morgan fingerprint density at radius 2 is 1.81 bits per heavy atom. The lowest BCUT2D eigenvalue weighted by Gasteiger charge is -2.42. The highest BCUT2D eigenvalue weighted by atomic mass is 32.2. The van der Waals surface area contributed by atoms with Gasteiger partial charge < -0.3 is 9.47 Å². The monoisotopic (exact) mass is 444 g/mol. The second kappa shape index (κ2) is 8.74. The van der Waals surface area contributed by atoms with Crippen molar-refractivity contribution in [2.75, 3.05) is 19.6 Å². The van der Waals surface area contributed by atoms with Gasteiger partial charge in [0.2, 0.25) is 5.91 Å². The van der Waals surface area contributed by atoms with Crippen LogP contribution in [0.2, 0.25) is 0 Å². The van der Waals surface area contributed by atoms with E-state index in [1.54, 1.807) is 17.8 Å². The summed E-state index contributed by atoms with van der Waals surface area (Å²) in [5.41, 5.74) is 0.711. The number of rotatable bonds is 5. The van der Waals surface area contributed by atoms with E-state index in [-0.39, 0.29) is 16.9 Å². The molecule has 2 aromatic rings. The molecule has 1 atom stereocenters. The van der Waals surface area contributed by atoms with Crippen molar-refractivity contribution in [3.8, 4) is 0 Å². The molecule has 0 aliphatic carbocycles. The van der Waals surface area contributed by atoms with Gasteiger partial charge in [0.05, 0.1) is 6.33 Å². The Labute approximate surface area is 185 Å². The lowest BCUT2D eigenvalue weighted by atomic mass is 9.69. The van der Waals surface area contributed by atoms with Crippen LogP contribution < -0.4 is 0 Å². The topological polar surface area (TPSA) is 75.5 Å². The highest BCUT2D eigenvalue weighted by Crippen LogP contribution is 2.43. The third kappa shape index (κ3) is 4.41. The molecule has 0 radical (unpaired) electrons. The van der Waals surface area contributed by atoms with Crippen molar-refractivity contribution in [1.82, 2.24) is 18.8 Å². The minimum absolute atomic E-state index is 0.0965. The summed E-state index contributed by atoms with van der Waals surface area (Å²) in [5, 5.41) is 0.0965. The molecule has 2 fully saturated rings. The number of nitrogens with zero attached hydrogens (tertiary/aromatic N) is 4. The van der Waals surface area contributed by atoms with Gasteiger partial charge in [-0.3, -0.25) is 4.79 Å². The normalized spacial score (nSPS) is 24.3. The van der Waals surface area contributed by atoms with Crippen LogP contribution in [0.25, 0.3) is 0 Å². The van der Waals surface area contributed by atoms with E-state index >= 15 is 0 Å². The summed E-state index contributed by atoms with van der Waals surface area (Å²) in [6.45, 7) is 4.40. The second-order valence-corrected chi connectivity index (χ2v) is 11.0.